The van der Waals surface area contributed by atoms with E-state index in [2.05, 4.69) is 0 Å². The Kier molecular flexibility index (Phi) is 3.97. The van der Waals surface area contributed by atoms with Crippen molar-refractivity contribution in [2.45, 2.75) is 4.90 Å². The lowest BCUT2D eigenvalue weighted by Crippen LogP contribution is -2.26. The van der Waals surface area contributed by atoms with Crippen LogP contribution in [-0.4, -0.2) is 26.5 Å². The fraction of sp³-hybridized carbons (Fsp3) is 0.0714. The van der Waals surface area contributed by atoms with Crippen LogP contribution in [0.4, 0.5) is 5.69 Å². The first-order valence-electron chi connectivity index (χ1n) is 5.99. The number of rotatable bonds is 3. The second kappa shape index (κ2) is 5.55. The summed E-state index contributed by atoms with van der Waals surface area (Å²) in [4.78, 5) is 13.6. The molecule has 6 nitrogen and oxygen atoms in total. The van der Waals surface area contributed by atoms with E-state index in [4.69, 9.17) is 5.14 Å². The number of hydrogen-bond donors (Lipinski definition) is 2. The van der Waals surface area contributed by atoms with E-state index in [0.29, 0.717) is 11.3 Å². The zero-order chi connectivity index (χ0) is 15.6. The topological polar surface area (TPSA) is 101 Å². The Bertz CT molecular complexity index is 770. The SMILES string of the molecule is CN(C(=O)c1cccc(O)c1)c1ccc(S(N)(=O)=O)cc1. The summed E-state index contributed by atoms with van der Waals surface area (Å²) in [6.07, 6.45) is 0. The summed E-state index contributed by atoms with van der Waals surface area (Å²) >= 11 is 0. The number of aromatic hydroxyl groups is 1. The first-order valence-corrected chi connectivity index (χ1v) is 7.53. The number of phenols is 1. The quantitative estimate of drug-likeness (QED) is 0.893. The largest absolute Gasteiger partial charge is 0.508 e. The smallest absolute Gasteiger partial charge is 0.258 e. The molecule has 0 fully saturated rings. The van der Waals surface area contributed by atoms with E-state index < -0.39 is 10.0 Å². The van der Waals surface area contributed by atoms with E-state index in [1.165, 1.54) is 41.3 Å². The van der Waals surface area contributed by atoms with Crippen LogP contribution in [-0.2, 0) is 10.0 Å². The van der Waals surface area contributed by atoms with Crippen LogP contribution in [0.25, 0.3) is 0 Å². The van der Waals surface area contributed by atoms with Crippen molar-refractivity contribution in [2.24, 2.45) is 5.14 Å². The standard InChI is InChI=1S/C14H14N2O4S/c1-16(14(18)10-3-2-4-12(17)9-10)11-5-7-13(8-6-11)21(15,19)20/h2-9,17H,1H3,(H2,15,19,20). The summed E-state index contributed by atoms with van der Waals surface area (Å²) < 4.78 is 22.4. The Balaban J connectivity index is 2.28. The molecule has 21 heavy (non-hydrogen) atoms. The maximum absolute atomic E-state index is 12.3. The summed E-state index contributed by atoms with van der Waals surface area (Å²) in [5.74, 6) is -0.326. The Morgan fingerprint density at radius 3 is 2.29 bits per heavy atom. The highest BCUT2D eigenvalue weighted by Gasteiger charge is 2.15. The van der Waals surface area contributed by atoms with Gasteiger partial charge in [-0.1, -0.05) is 6.07 Å². The number of carbonyl (C=O) groups excluding carboxylic acids is 1. The predicted molar refractivity (Wildman–Crippen MR) is 78.7 cm³/mol. The van der Waals surface area contributed by atoms with Gasteiger partial charge in [0.15, 0.2) is 0 Å². The summed E-state index contributed by atoms with van der Waals surface area (Å²) in [5.41, 5.74) is 0.837. The number of carbonyl (C=O) groups is 1. The maximum Gasteiger partial charge on any atom is 0.258 e. The normalized spacial score (nSPS) is 11.1. The monoisotopic (exact) mass is 306 g/mol. The van der Waals surface area contributed by atoms with Gasteiger partial charge in [0.1, 0.15) is 5.75 Å². The average Bonchev–Trinajstić information content (AvgIpc) is 2.45. The molecule has 0 atom stereocenters. The van der Waals surface area contributed by atoms with Crippen LogP contribution in [0, 0.1) is 0 Å². The molecule has 0 aliphatic carbocycles. The number of primary sulfonamides is 1. The van der Waals surface area contributed by atoms with Gasteiger partial charge in [-0.3, -0.25) is 4.79 Å². The van der Waals surface area contributed by atoms with Crippen molar-refractivity contribution in [3.05, 3.63) is 54.1 Å². The zero-order valence-electron chi connectivity index (χ0n) is 11.2. The summed E-state index contributed by atoms with van der Waals surface area (Å²) in [5, 5.41) is 14.4. The van der Waals surface area contributed by atoms with E-state index >= 15 is 0 Å². The van der Waals surface area contributed by atoms with Crippen molar-refractivity contribution in [3.63, 3.8) is 0 Å². The molecule has 0 saturated heterocycles. The number of amides is 1. The predicted octanol–water partition coefficient (Wildman–Crippen LogP) is 1.32. The minimum Gasteiger partial charge on any atom is -0.508 e. The van der Waals surface area contributed by atoms with Gasteiger partial charge in [-0.05, 0) is 42.5 Å². The molecular formula is C14H14N2O4S. The minimum atomic E-state index is -3.76. The molecular weight excluding hydrogens is 292 g/mol. The molecule has 0 heterocycles. The van der Waals surface area contributed by atoms with Gasteiger partial charge in [-0.25, -0.2) is 13.6 Å². The van der Waals surface area contributed by atoms with Crippen LogP contribution in [0.5, 0.6) is 5.75 Å². The van der Waals surface area contributed by atoms with Crippen LogP contribution in [0.15, 0.2) is 53.4 Å². The molecule has 0 bridgehead atoms. The molecule has 1 amide bonds. The lowest BCUT2D eigenvalue weighted by Gasteiger charge is -2.17. The van der Waals surface area contributed by atoms with E-state index in [1.807, 2.05) is 0 Å². The molecule has 0 aliphatic rings. The van der Waals surface area contributed by atoms with Gasteiger partial charge in [0.2, 0.25) is 10.0 Å². The number of nitrogens with two attached hydrogens (primary N) is 1. The fourth-order valence-electron chi connectivity index (χ4n) is 1.81. The van der Waals surface area contributed by atoms with Crippen LogP contribution >= 0.6 is 0 Å². The minimum absolute atomic E-state index is 0.00109. The molecule has 0 radical (unpaired) electrons. The molecule has 2 aromatic carbocycles. The number of hydrogen-bond acceptors (Lipinski definition) is 4. The number of phenolic OH excluding ortho intramolecular Hbond substituents is 1. The highest BCUT2D eigenvalue weighted by Crippen LogP contribution is 2.19. The van der Waals surface area contributed by atoms with E-state index in [1.54, 1.807) is 19.2 Å². The summed E-state index contributed by atoms with van der Waals surface area (Å²) in [6.45, 7) is 0. The highest BCUT2D eigenvalue weighted by molar-refractivity contribution is 7.89. The molecule has 110 valence electrons. The zero-order valence-corrected chi connectivity index (χ0v) is 12.0. The van der Waals surface area contributed by atoms with Crippen molar-refractivity contribution in [3.8, 4) is 5.75 Å². The third-order valence-electron chi connectivity index (χ3n) is 2.95. The molecule has 0 saturated carbocycles. The summed E-state index contributed by atoms with van der Waals surface area (Å²) in [6, 6.07) is 11.6. The van der Waals surface area contributed by atoms with Gasteiger partial charge in [0.05, 0.1) is 4.90 Å². The van der Waals surface area contributed by atoms with Gasteiger partial charge in [0.25, 0.3) is 5.91 Å². The molecule has 0 aliphatic heterocycles. The molecule has 2 aromatic rings. The van der Waals surface area contributed by atoms with Gasteiger partial charge in [-0.15, -0.1) is 0 Å². The van der Waals surface area contributed by atoms with Gasteiger partial charge in [0, 0.05) is 18.3 Å². The Labute approximate surface area is 122 Å². The Hall–Kier alpha value is -2.38. The van der Waals surface area contributed by atoms with E-state index in [9.17, 15) is 18.3 Å². The van der Waals surface area contributed by atoms with Gasteiger partial charge >= 0.3 is 0 Å². The number of sulfonamides is 1. The van der Waals surface area contributed by atoms with Crippen LogP contribution in [0.1, 0.15) is 10.4 Å². The van der Waals surface area contributed by atoms with Crippen molar-refractivity contribution in [1.29, 1.82) is 0 Å². The first kappa shape index (κ1) is 15.0. The summed E-state index contributed by atoms with van der Waals surface area (Å²) in [7, 11) is -2.21. The number of anilines is 1. The first-order chi connectivity index (χ1) is 9.79. The second-order valence-corrected chi connectivity index (χ2v) is 6.01. The highest BCUT2D eigenvalue weighted by atomic mass is 32.2. The molecule has 0 unspecified atom stereocenters. The van der Waals surface area contributed by atoms with E-state index in [-0.39, 0.29) is 16.6 Å². The van der Waals surface area contributed by atoms with Crippen LogP contribution in [0.2, 0.25) is 0 Å². The Morgan fingerprint density at radius 1 is 1.14 bits per heavy atom. The van der Waals surface area contributed by atoms with Crippen molar-refractivity contribution < 1.29 is 18.3 Å². The fourth-order valence-corrected chi connectivity index (χ4v) is 2.32. The molecule has 7 heteroatoms. The van der Waals surface area contributed by atoms with Crippen molar-refractivity contribution in [1.82, 2.24) is 0 Å². The third-order valence-corrected chi connectivity index (χ3v) is 3.88. The van der Waals surface area contributed by atoms with Crippen molar-refractivity contribution >= 4 is 21.6 Å². The van der Waals surface area contributed by atoms with Crippen LogP contribution < -0.4 is 10.0 Å². The van der Waals surface area contributed by atoms with Crippen molar-refractivity contribution in [2.75, 3.05) is 11.9 Å². The Morgan fingerprint density at radius 2 is 1.76 bits per heavy atom. The van der Waals surface area contributed by atoms with Crippen LogP contribution in [0.3, 0.4) is 0 Å². The molecule has 2 rings (SSSR count). The lowest BCUT2D eigenvalue weighted by atomic mass is 10.2. The molecule has 0 aromatic heterocycles. The molecule has 0 spiro atoms. The average molecular weight is 306 g/mol. The molecule has 3 N–H and O–H groups in total. The van der Waals surface area contributed by atoms with E-state index in [0.717, 1.165) is 0 Å². The maximum atomic E-state index is 12.3. The van der Waals surface area contributed by atoms with Gasteiger partial charge in [-0.2, -0.15) is 0 Å². The third kappa shape index (κ3) is 3.39. The second-order valence-electron chi connectivity index (χ2n) is 4.45. The van der Waals surface area contributed by atoms with Gasteiger partial charge < -0.3 is 10.0 Å². The number of nitrogens with zero attached hydrogens (tertiary/aromatic N) is 1. The number of benzene rings is 2. The lowest BCUT2D eigenvalue weighted by molar-refractivity contribution is 0.0992.